The summed E-state index contributed by atoms with van der Waals surface area (Å²) >= 11 is 11.6. The van der Waals surface area contributed by atoms with Crippen molar-refractivity contribution in [1.29, 1.82) is 0 Å². The number of aliphatic imine (C=N–C) groups is 1. The number of hydrogen-bond donors (Lipinski definition) is 0. The zero-order valence-electron chi connectivity index (χ0n) is 9.92. The third-order valence-corrected chi connectivity index (χ3v) is 3.22. The molecule has 0 atom stereocenters. The Morgan fingerprint density at radius 2 is 1.90 bits per heavy atom. The van der Waals surface area contributed by atoms with E-state index in [1.165, 1.54) is 24.4 Å². The maximum atomic E-state index is 11.8. The number of hydrogen-bond acceptors (Lipinski definition) is 4. The van der Waals surface area contributed by atoms with E-state index in [9.17, 15) is 15.2 Å². The van der Waals surface area contributed by atoms with E-state index >= 15 is 0 Å². The van der Waals surface area contributed by atoms with Crippen LogP contribution in [0.5, 0.6) is 5.75 Å². The number of benzene rings is 2. The average molecular weight is 310 g/mol. The molecule has 0 N–H and O–H groups in total. The molecule has 0 saturated carbocycles. The minimum atomic E-state index is -0.723. The highest BCUT2D eigenvalue weighted by Gasteiger charge is 2.08. The molecule has 7 heteroatoms. The first-order valence-electron chi connectivity index (χ1n) is 5.42. The summed E-state index contributed by atoms with van der Waals surface area (Å²) < 4.78 is 0. The van der Waals surface area contributed by atoms with Crippen LogP contribution in [0.15, 0.2) is 41.4 Å². The molecule has 2 aromatic carbocycles. The largest absolute Gasteiger partial charge is 0.867 e. The van der Waals surface area contributed by atoms with Gasteiger partial charge in [0.1, 0.15) is 0 Å². The third-order valence-electron chi connectivity index (χ3n) is 2.48. The highest BCUT2D eigenvalue weighted by atomic mass is 35.5. The quantitative estimate of drug-likeness (QED) is 0.492. The van der Waals surface area contributed by atoms with Gasteiger partial charge in [0.05, 0.1) is 20.7 Å². The summed E-state index contributed by atoms with van der Waals surface area (Å²) in [5.74, 6) is -0.679. The fourth-order valence-electron chi connectivity index (χ4n) is 1.50. The standard InChI is InChI=1S/C13H8Cl2N2O3/c14-10-5-4-9(6-11(10)15)16-7-8-2-1-3-12(13(8)18)17(19)20/h1-7,18H/p-1. The predicted molar refractivity (Wildman–Crippen MR) is 76.3 cm³/mol. The lowest BCUT2D eigenvalue weighted by molar-refractivity contribution is -0.398. The van der Waals surface area contributed by atoms with Gasteiger partial charge in [-0.25, -0.2) is 0 Å². The van der Waals surface area contributed by atoms with E-state index in [1.54, 1.807) is 12.1 Å². The zero-order chi connectivity index (χ0) is 14.7. The van der Waals surface area contributed by atoms with E-state index in [0.29, 0.717) is 15.7 Å². The molecular weight excluding hydrogens is 303 g/mol. The van der Waals surface area contributed by atoms with Crippen molar-refractivity contribution in [2.75, 3.05) is 0 Å². The van der Waals surface area contributed by atoms with Gasteiger partial charge in [-0.2, -0.15) is 0 Å². The molecule has 0 bridgehead atoms. The SMILES string of the molecule is O=[N+]([O-])c1cccc(C=Nc2ccc(Cl)c(Cl)c2)c1[O-]. The molecule has 2 aromatic rings. The van der Waals surface area contributed by atoms with Crippen LogP contribution in [0, 0.1) is 10.1 Å². The van der Waals surface area contributed by atoms with E-state index < -0.39 is 16.4 Å². The van der Waals surface area contributed by atoms with Crippen LogP contribution in [0.1, 0.15) is 5.56 Å². The van der Waals surface area contributed by atoms with Gasteiger partial charge in [0, 0.05) is 12.3 Å². The fraction of sp³-hybridized carbons (Fsp3) is 0. The van der Waals surface area contributed by atoms with Gasteiger partial charge in [0.25, 0.3) is 5.69 Å². The molecular formula is C13H7Cl2N2O3-. The summed E-state index contributed by atoms with van der Waals surface area (Å²) in [7, 11) is 0. The molecule has 2 rings (SSSR count). The minimum absolute atomic E-state index is 0.130. The molecule has 5 nitrogen and oxygen atoms in total. The molecule has 0 saturated heterocycles. The highest BCUT2D eigenvalue weighted by Crippen LogP contribution is 2.28. The Morgan fingerprint density at radius 1 is 1.15 bits per heavy atom. The van der Waals surface area contributed by atoms with Crippen LogP contribution < -0.4 is 5.11 Å². The van der Waals surface area contributed by atoms with Crippen molar-refractivity contribution in [1.82, 2.24) is 0 Å². The second-order valence-corrected chi connectivity index (χ2v) is 4.62. The molecule has 102 valence electrons. The topological polar surface area (TPSA) is 78.6 Å². The average Bonchev–Trinajstić information content (AvgIpc) is 2.41. The summed E-state index contributed by atoms with van der Waals surface area (Å²) in [5.41, 5.74) is 0.138. The summed E-state index contributed by atoms with van der Waals surface area (Å²) in [6.45, 7) is 0. The summed E-state index contributed by atoms with van der Waals surface area (Å²) in [6.07, 6.45) is 1.26. The summed E-state index contributed by atoms with van der Waals surface area (Å²) in [5, 5.41) is 23.2. The van der Waals surface area contributed by atoms with Crippen LogP contribution in [0.2, 0.25) is 10.0 Å². The number of halogens is 2. The number of para-hydroxylation sites is 1. The second kappa shape index (κ2) is 5.90. The molecule has 0 aliphatic heterocycles. The number of nitrogens with zero attached hydrogens (tertiary/aromatic N) is 2. The van der Waals surface area contributed by atoms with Gasteiger partial charge in [-0.05, 0) is 29.5 Å². The first-order valence-corrected chi connectivity index (χ1v) is 6.18. The third kappa shape index (κ3) is 3.07. The van der Waals surface area contributed by atoms with Crippen molar-refractivity contribution in [3.8, 4) is 5.75 Å². The molecule has 0 amide bonds. The molecule has 0 aromatic heterocycles. The monoisotopic (exact) mass is 309 g/mol. The first kappa shape index (κ1) is 14.3. The van der Waals surface area contributed by atoms with E-state index in [4.69, 9.17) is 23.2 Å². The van der Waals surface area contributed by atoms with E-state index in [2.05, 4.69) is 4.99 Å². The van der Waals surface area contributed by atoms with Crippen LogP contribution in [-0.2, 0) is 0 Å². The molecule has 0 spiro atoms. The number of nitro groups is 1. The van der Waals surface area contributed by atoms with Crippen molar-refractivity contribution < 1.29 is 10.0 Å². The van der Waals surface area contributed by atoms with Crippen molar-refractivity contribution in [2.45, 2.75) is 0 Å². The highest BCUT2D eigenvalue weighted by molar-refractivity contribution is 6.42. The zero-order valence-corrected chi connectivity index (χ0v) is 11.4. The predicted octanol–water partition coefficient (Wildman–Crippen LogP) is 3.73. The lowest BCUT2D eigenvalue weighted by Crippen LogP contribution is -2.01. The van der Waals surface area contributed by atoms with Gasteiger partial charge in [0.2, 0.25) is 0 Å². The Hall–Kier alpha value is -2.11. The molecule has 0 aliphatic carbocycles. The Balaban J connectivity index is 2.34. The fourth-order valence-corrected chi connectivity index (χ4v) is 1.79. The second-order valence-electron chi connectivity index (χ2n) is 3.81. The lowest BCUT2D eigenvalue weighted by atomic mass is 10.2. The van der Waals surface area contributed by atoms with Gasteiger partial charge in [-0.15, -0.1) is 0 Å². The molecule has 0 unspecified atom stereocenters. The van der Waals surface area contributed by atoms with Crippen LogP contribution in [0.25, 0.3) is 0 Å². The van der Waals surface area contributed by atoms with Crippen molar-refractivity contribution in [3.63, 3.8) is 0 Å². The Morgan fingerprint density at radius 3 is 2.55 bits per heavy atom. The van der Waals surface area contributed by atoms with Gasteiger partial charge in [0.15, 0.2) is 0 Å². The normalized spacial score (nSPS) is 10.9. The smallest absolute Gasteiger partial charge is 0.262 e. The van der Waals surface area contributed by atoms with Crippen molar-refractivity contribution in [2.24, 2.45) is 4.99 Å². The van der Waals surface area contributed by atoms with Gasteiger partial charge >= 0.3 is 0 Å². The Kier molecular flexibility index (Phi) is 4.22. The summed E-state index contributed by atoms with van der Waals surface area (Å²) in [4.78, 5) is 14.0. The number of nitro benzene ring substituents is 1. The maximum Gasteiger partial charge on any atom is 0.262 e. The molecule has 0 heterocycles. The molecule has 0 fully saturated rings. The lowest BCUT2D eigenvalue weighted by Gasteiger charge is -2.09. The van der Waals surface area contributed by atoms with Gasteiger partial charge in [-0.3, -0.25) is 15.1 Å². The molecule has 20 heavy (non-hydrogen) atoms. The van der Waals surface area contributed by atoms with Crippen molar-refractivity contribution in [3.05, 3.63) is 62.1 Å². The van der Waals surface area contributed by atoms with Crippen molar-refractivity contribution >= 4 is 40.8 Å². The Bertz CT molecular complexity index is 702. The van der Waals surface area contributed by atoms with Crippen LogP contribution in [0.4, 0.5) is 11.4 Å². The number of rotatable bonds is 3. The van der Waals surface area contributed by atoms with Crippen LogP contribution in [0.3, 0.4) is 0 Å². The summed E-state index contributed by atoms with van der Waals surface area (Å²) in [6, 6.07) is 8.75. The van der Waals surface area contributed by atoms with Crippen LogP contribution >= 0.6 is 23.2 Å². The minimum Gasteiger partial charge on any atom is -0.867 e. The Labute approximate surface area is 124 Å². The van der Waals surface area contributed by atoms with Gasteiger partial charge < -0.3 is 5.11 Å². The van der Waals surface area contributed by atoms with E-state index in [0.717, 1.165) is 6.07 Å². The molecule has 0 aliphatic rings. The maximum absolute atomic E-state index is 11.8. The van der Waals surface area contributed by atoms with Crippen LogP contribution in [-0.4, -0.2) is 11.1 Å². The van der Waals surface area contributed by atoms with Gasteiger partial charge in [-0.1, -0.05) is 35.3 Å². The molecule has 0 radical (unpaired) electrons. The first-order chi connectivity index (χ1) is 9.49. The van der Waals surface area contributed by atoms with E-state index in [-0.39, 0.29) is 5.56 Å². The van der Waals surface area contributed by atoms with E-state index in [1.807, 2.05) is 0 Å².